The number of nitrogens with one attached hydrogen (secondary N) is 1. The fraction of sp³-hybridized carbons (Fsp3) is 0.333. The summed E-state index contributed by atoms with van der Waals surface area (Å²) in [4.78, 5) is 4.16. The second kappa shape index (κ2) is 3.43. The summed E-state index contributed by atoms with van der Waals surface area (Å²) in [7, 11) is 0. The highest BCUT2D eigenvalue weighted by Crippen LogP contribution is 2.23. The van der Waals surface area contributed by atoms with Crippen molar-refractivity contribution in [1.29, 1.82) is 0 Å². The molecule has 68 valence electrons. The van der Waals surface area contributed by atoms with Gasteiger partial charge in [0.05, 0.1) is 6.21 Å². The first kappa shape index (κ1) is 8.04. The lowest BCUT2D eigenvalue weighted by molar-refractivity contribution is 0.322. The molecule has 0 amide bonds. The van der Waals surface area contributed by atoms with Gasteiger partial charge in [-0.2, -0.15) is 0 Å². The summed E-state index contributed by atoms with van der Waals surface area (Å²) in [5.41, 5.74) is 0.795. The van der Waals surface area contributed by atoms with Crippen molar-refractivity contribution < 1.29 is 5.21 Å². The Morgan fingerprint density at radius 2 is 2.38 bits per heavy atom. The van der Waals surface area contributed by atoms with E-state index in [1.54, 1.807) is 6.20 Å². The van der Waals surface area contributed by atoms with Crippen LogP contribution in [-0.2, 0) is 0 Å². The van der Waals surface area contributed by atoms with Gasteiger partial charge in [0.25, 0.3) is 0 Å². The Kier molecular flexibility index (Phi) is 2.12. The molecule has 0 saturated heterocycles. The van der Waals surface area contributed by atoms with E-state index >= 15 is 0 Å². The highest BCUT2D eigenvalue weighted by Gasteiger charge is 2.20. The number of nitrogens with zero attached hydrogens (tertiary/aromatic N) is 2. The number of hydrogen-bond donors (Lipinski definition) is 2. The predicted octanol–water partition coefficient (Wildman–Crippen LogP) is 1.46. The van der Waals surface area contributed by atoms with Crippen molar-refractivity contribution in [3.63, 3.8) is 0 Å². The average molecular weight is 177 g/mol. The zero-order valence-electron chi connectivity index (χ0n) is 7.14. The Bertz CT molecular complexity index is 303. The first-order valence-electron chi connectivity index (χ1n) is 4.28. The minimum atomic E-state index is 0.616. The van der Waals surface area contributed by atoms with Crippen molar-refractivity contribution >= 4 is 12.0 Å². The lowest BCUT2D eigenvalue weighted by atomic mass is 10.3. The van der Waals surface area contributed by atoms with Crippen LogP contribution in [0.4, 0.5) is 5.82 Å². The van der Waals surface area contributed by atoms with E-state index in [1.807, 2.05) is 12.1 Å². The molecule has 1 aliphatic rings. The van der Waals surface area contributed by atoms with Gasteiger partial charge in [0.2, 0.25) is 0 Å². The topological polar surface area (TPSA) is 57.5 Å². The fourth-order valence-corrected chi connectivity index (χ4v) is 1.07. The molecule has 0 radical (unpaired) electrons. The third-order valence-corrected chi connectivity index (χ3v) is 1.92. The normalized spacial score (nSPS) is 16.3. The smallest absolute Gasteiger partial charge is 0.126 e. The highest BCUT2D eigenvalue weighted by molar-refractivity contribution is 5.78. The summed E-state index contributed by atoms with van der Waals surface area (Å²) in [6.07, 6.45) is 5.50. The molecule has 1 aromatic rings. The molecular formula is C9H11N3O. The molecule has 0 bridgehead atoms. The number of anilines is 1. The Hall–Kier alpha value is -1.58. The lowest BCUT2D eigenvalue weighted by Crippen LogP contribution is -2.02. The summed E-state index contributed by atoms with van der Waals surface area (Å²) in [6.45, 7) is 0. The molecule has 0 spiro atoms. The lowest BCUT2D eigenvalue weighted by Gasteiger charge is -2.01. The summed E-state index contributed by atoms with van der Waals surface area (Å²) in [5, 5.41) is 14.5. The minimum absolute atomic E-state index is 0.616. The highest BCUT2D eigenvalue weighted by atomic mass is 16.4. The van der Waals surface area contributed by atoms with E-state index in [0.29, 0.717) is 6.04 Å². The molecule has 0 aromatic carbocycles. The zero-order valence-corrected chi connectivity index (χ0v) is 7.14. The minimum Gasteiger partial charge on any atom is -0.411 e. The molecule has 1 aromatic heterocycles. The Morgan fingerprint density at radius 3 is 2.92 bits per heavy atom. The number of aromatic nitrogens is 1. The molecule has 13 heavy (non-hydrogen) atoms. The fourth-order valence-electron chi connectivity index (χ4n) is 1.07. The van der Waals surface area contributed by atoms with E-state index in [1.165, 1.54) is 19.1 Å². The van der Waals surface area contributed by atoms with Crippen molar-refractivity contribution in [2.24, 2.45) is 5.16 Å². The van der Waals surface area contributed by atoms with Gasteiger partial charge in [-0.15, -0.1) is 0 Å². The van der Waals surface area contributed by atoms with Gasteiger partial charge in [-0.25, -0.2) is 4.98 Å². The number of pyridine rings is 1. The summed E-state index contributed by atoms with van der Waals surface area (Å²) < 4.78 is 0. The maximum Gasteiger partial charge on any atom is 0.126 e. The van der Waals surface area contributed by atoms with Gasteiger partial charge < -0.3 is 10.5 Å². The second-order valence-corrected chi connectivity index (χ2v) is 3.14. The molecule has 4 heteroatoms. The quantitative estimate of drug-likeness (QED) is 0.417. The summed E-state index contributed by atoms with van der Waals surface area (Å²) in [5.74, 6) is 0.887. The third kappa shape index (κ3) is 2.18. The van der Waals surface area contributed by atoms with Gasteiger partial charge in [0.1, 0.15) is 5.82 Å². The van der Waals surface area contributed by atoms with Crippen LogP contribution in [0.5, 0.6) is 0 Å². The van der Waals surface area contributed by atoms with E-state index in [4.69, 9.17) is 5.21 Å². The van der Waals surface area contributed by atoms with Crippen LogP contribution in [0, 0.1) is 0 Å². The van der Waals surface area contributed by atoms with Crippen LogP contribution in [0.2, 0.25) is 0 Å². The van der Waals surface area contributed by atoms with E-state index in [0.717, 1.165) is 11.4 Å². The number of oxime groups is 1. The van der Waals surface area contributed by atoms with Crippen LogP contribution < -0.4 is 5.32 Å². The van der Waals surface area contributed by atoms with Crippen molar-refractivity contribution in [1.82, 2.24) is 4.98 Å². The number of hydrogen-bond acceptors (Lipinski definition) is 4. The van der Waals surface area contributed by atoms with Crippen LogP contribution in [0.1, 0.15) is 18.4 Å². The zero-order chi connectivity index (χ0) is 9.10. The van der Waals surface area contributed by atoms with Crippen LogP contribution in [0.25, 0.3) is 0 Å². The molecule has 0 aliphatic heterocycles. The maximum absolute atomic E-state index is 8.27. The largest absolute Gasteiger partial charge is 0.411 e. The summed E-state index contributed by atoms with van der Waals surface area (Å²) >= 11 is 0. The van der Waals surface area contributed by atoms with Crippen LogP contribution in [0.15, 0.2) is 23.5 Å². The molecular weight excluding hydrogens is 166 g/mol. The van der Waals surface area contributed by atoms with Gasteiger partial charge in [-0.05, 0) is 25.0 Å². The first-order valence-corrected chi connectivity index (χ1v) is 4.28. The average Bonchev–Trinajstić information content (AvgIpc) is 2.93. The molecule has 1 aliphatic carbocycles. The Labute approximate surface area is 76.3 Å². The second-order valence-electron chi connectivity index (χ2n) is 3.14. The molecule has 1 fully saturated rings. The molecule has 1 saturated carbocycles. The van der Waals surface area contributed by atoms with Crippen molar-refractivity contribution in [2.45, 2.75) is 18.9 Å². The van der Waals surface area contributed by atoms with E-state index in [9.17, 15) is 0 Å². The molecule has 2 rings (SSSR count). The molecule has 4 nitrogen and oxygen atoms in total. The Balaban J connectivity index is 2.03. The molecule has 0 unspecified atom stereocenters. The van der Waals surface area contributed by atoms with Crippen molar-refractivity contribution in [3.8, 4) is 0 Å². The first-order chi connectivity index (χ1) is 6.38. The maximum atomic E-state index is 8.27. The van der Waals surface area contributed by atoms with Crippen molar-refractivity contribution in [3.05, 3.63) is 23.9 Å². The van der Waals surface area contributed by atoms with E-state index in [-0.39, 0.29) is 0 Å². The van der Waals surface area contributed by atoms with Crippen LogP contribution >= 0.6 is 0 Å². The standard InChI is InChI=1S/C9H11N3O/c13-11-6-7-1-4-9(10-5-7)12-8-2-3-8/h1,4-6,8,13H,2-3H2,(H,10,12)/b11-6-. The van der Waals surface area contributed by atoms with E-state index in [2.05, 4.69) is 15.5 Å². The molecule has 2 N–H and O–H groups in total. The monoisotopic (exact) mass is 177 g/mol. The SMILES string of the molecule is O/N=C\c1ccc(NC2CC2)nc1. The van der Waals surface area contributed by atoms with Gasteiger partial charge in [0, 0.05) is 17.8 Å². The third-order valence-electron chi connectivity index (χ3n) is 1.92. The van der Waals surface area contributed by atoms with Gasteiger partial charge in [-0.3, -0.25) is 0 Å². The van der Waals surface area contributed by atoms with Crippen LogP contribution in [0.3, 0.4) is 0 Å². The van der Waals surface area contributed by atoms with Crippen LogP contribution in [-0.4, -0.2) is 22.4 Å². The molecule has 1 heterocycles. The number of rotatable bonds is 3. The van der Waals surface area contributed by atoms with Gasteiger partial charge in [0.15, 0.2) is 0 Å². The van der Waals surface area contributed by atoms with Gasteiger partial charge in [-0.1, -0.05) is 5.16 Å². The van der Waals surface area contributed by atoms with Gasteiger partial charge >= 0.3 is 0 Å². The Morgan fingerprint density at radius 1 is 1.54 bits per heavy atom. The molecule has 0 atom stereocenters. The van der Waals surface area contributed by atoms with Crippen molar-refractivity contribution in [2.75, 3.05) is 5.32 Å². The predicted molar refractivity (Wildman–Crippen MR) is 50.3 cm³/mol. The van der Waals surface area contributed by atoms with E-state index < -0.39 is 0 Å². The summed E-state index contributed by atoms with van der Waals surface area (Å²) in [6, 6.07) is 4.36.